The fourth-order valence-electron chi connectivity index (χ4n) is 2.91. The molecule has 0 unspecified atom stereocenters. The Morgan fingerprint density at radius 1 is 1.13 bits per heavy atom. The summed E-state index contributed by atoms with van der Waals surface area (Å²) in [6.45, 7) is 1.67. The second-order valence-electron chi connectivity index (χ2n) is 6.87. The molecule has 0 saturated carbocycles. The van der Waals surface area contributed by atoms with Crippen molar-refractivity contribution in [3.8, 4) is 17.2 Å². The van der Waals surface area contributed by atoms with Gasteiger partial charge in [-0.1, -0.05) is 24.3 Å². The molecule has 31 heavy (non-hydrogen) atoms. The Labute approximate surface area is 180 Å². The number of methoxy groups -OCH3 is 1. The number of ketones is 1. The highest BCUT2D eigenvalue weighted by atomic mass is 16.6. The van der Waals surface area contributed by atoms with E-state index in [-0.39, 0.29) is 12.2 Å². The second-order valence-corrected chi connectivity index (χ2v) is 6.87. The Morgan fingerprint density at radius 3 is 2.68 bits per heavy atom. The van der Waals surface area contributed by atoms with Gasteiger partial charge in [0.05, 0.1) is 7.11 Å². The van der Waals surface area contributed by atoms with Crippen LogP contribution < -0.4 is 14.2 Å². The third kappa shape index (κ3) is 6.30. The number of nitrogens with zero attached hydrogens (tertiary/aromatic N) is 2. The van der Waals surface area contributed by atoms with E-state index in [9.17, 15) is 9.59 Å². The minimum Gasteiger partial charge on any atom is -0.493 e. The molecule has 7 heteroatoms. The van der Waals surface area contributed by atoms with E-state index in [0.717, 1.165) is 17.0 Å². The summed E-state index contributed by atoms with van der Waals surface area (Å²) in [6, 6.07) is 12.5. The van der Waals surface area contributed by atoms with Crippen LogP contribution in [0, 0.1) is 0 Å². The molecule has 1 heterocycles. The molecule has 0 fully saturated rings. The lowest BCUT2D eigenvalue weighted by Gasteiger charge is -2.08. The molecule has 0 amide bonds. The Hall–Kier alpha value is -3.87. The van der Waals surface area contributed by atoms with Crippen LogP contribution in [0.15, 0.2) is 60.9 Å². The summed E-state index contributed by atoms with van der Waals surface area (Å²) >= 11 is 0. The van der Waals surface area contributed by atoms with Crippen molar-refractivity contribution in [1.82, 2.24) is 9.55 Å². The molecule has 0 aliphatic heterocycles. The average molecular weight is 420 g/mol. The standard InChI is InChI=1S/C24H24N2O5/c1-17(27)31-23-15-18(8-10-22(23)29-3)7-9-20(28)13-19-5-4-6-21(14-19)30-16-24-25-11-12-26(24)2/h4-12,14-15H,13,16H2,1-3H3/b9-7+. The summed E-state index contributed by atoms with van der Waals surface area (Å²) in [6.07, 6.45) is 7.00. The zero-order valence-electron chi connectivity index (χ0n) is 17.7. The van der Waals surface area contributed by atoms with E-state index in [2.05, 4.69) is 4.98 Å². The largest absolute Gasteiger partial charge is 0.493 e. The Balaban J connectivity index is 1.62. The van der Waals surface area contributed by atoms with Crippen LogP contribution >= 0.6 is 0 Å². The topological polar surface area (TPSA) is 79.7 Å². The molecule has 0 N–H and O–H groups in total. The van der Waals surface area contributed by atoms with E-state index in [1.807, 2.05) is 42.1 Å². The van der Waals surface area contributed by atoms with Gasteiger partial charge >= 0.3 is 5.97 Å². The zero-order chi connectivity index (χ0) is 22.2. The third-order valence-electron chi connectivity index (χ3n) is 4.47. The number of ether oxygens (including phenoxy) is 3. The van der Waals surface area contributed by atoms with Gasteiger partial charge in [0, 0.05) is 32.8 Å². The molecule has 1 aromatic heterocycles. The van der Waals surface area contributed by atoms with Crippen LogP contribution in [0.3, 0.4) is 0 Å². The van der Waals surface area contributed by atoms with Crippen molar-refractivity contribution in [2.75, 3.05) is 7.11 Å². The molecule has 0 atom stereocenters. The molecule has 3 aromatic rings. The number of carbonyl (C=O) groups excluding carboxylic acids is 2. The molecule has 0 aliphatic carbocycles. The van der Waals surface area contributed by atoms with Crippen molar-refractivity contribution in [3.63, 3.8) is 0 Å². The Kier molecular flexibility index (Phi) is 7.22. The summed E-state index contributed by atoms with van der Waals surface area (Å²) in [4.78, 5) is 27.9. The molecular formula is C24H24N2O5. The Morgan fingerprint density at radius 2 is 1.97 bits per heavy atom. The highest BCUT2D eigenvalue weighted by molar-refractivity contribution is 5.95. The minimum absolute atomic E-state index is 0.0638. The van der Waals surface area contributed by atoms with Gasteiger partial charge in [-0.05, 0) is 41.5 Å². The smallest absolute Gasteiger partial charge is 0.308 e. The van der Waals surface area contributed by atoms with Gasteiger partial charge in [-0.2, -0.15) is 0 Å². The first-order valence-electron chi connectivity index (χ1n) is 9.70. The minimum atomic E-state index is -0.444. The van der Waals surface area contributed by atoms with Crippen LogP contribution in [0.4, 0.5) is 0 Å². The maximum Gasteiger partial charge on any atom is 0.308 e. The summed E-state index contributed by atoms with van der Waals surface area (Å²) < 4.78 is 18.0. The summed E-state index contributed by atoms with van der Waals surface area (Å²) in [5, 5.41) is 0. The van der Waals surface area contributed by atoms with Crippen LogP contribution in [0.5, 0.6) is 17.2 Å². The number of benzene rings is 2. The predicted octanol–water partition coefficient (Wildman–Crippen LogP) is 3.76. The number of rotatable bonds is 9. The van der Waals surface area contributed by atoms with Crippen LogP contribution in [0.1, 0.15) is 23.9 Å². The van der Waals surface area contributed by atoms with Gasteiger partial charge in [-0.3, -0.25) is 9.59 Å². The second kappa shape index (κ2) is 10.2. The lowest BCUT2D eigenvalue weighted by Crippen LogP contribution is -2.04. The summed E-state index contributed by atoms with van der Waals surface area (Å²) in [5.74, 6) is 1.74. The van der Waals surface area contributed by atoms with Crippen molar-refractivity contribution in [3.05, 3.63) is 77.9 Å². The van der Waals surface area contributed by atoms with Gasteiger partial charge < -0.3 is 18.8 Å². The van der Waals surface area contributed by atoms with Crippen molar-refractivity contribution >= 4 is 17.8 Å². The van der Waals surface area contributed by atoms with Crippen molar-refractivity contribution in [2.45, 2.75) is 20.0 Å². The summed E-state index contributed by atoms with van der Waals surface area (Å²) in [7, 11) is 3.40. The molecule has 0 bridgehead atoms. The number of esters is 1. The van der Waals surface area contributed by atoms with Gasteiger partial charge in [0.25, 0.3) is 0 Å². The van der Waals surface area contributed by atoms with Gasteiger partial charge in [0.1, 0.15) is 18.2 Å². The monoisotopic (exact) mass is 420 g/mol. The molecule has 160 valence electrons. The van der Waals surface area contributed by atoms with E-state index in [1.54, 1.807) is 30.5 Å². The molecule has 0 aliphatic rings. The number of hydrogen-bond acceptors (Lipinski definition) is 6. The van der Waals surface area contributed by atoms with Gasteiger partial charge in [0.15, 0.2) is 17.3 Å². The number of aryl methyl sites for hydroxylation is 1. The van der Waals surface area contributed by atoms with Crippen molar-refractivity contribution < 1.29 is 23.8 Å². The average Bonchev–Trinajstić information content (AvgIpc) is 3.15. The van der Waals surface area contributed by atoms with Crippen LogP contribution in [0.25, 0.3) is 6.08 Å². The first-order valence-corrected chi connectivity index (χ1v) is 9.70. The van der Waals surface area contributed by atoms with E-state index in [4.69, 9.17) is 14.2 Å². The molecule has 7 nitrogen and oxygen atoms in total. The first-order chi connectivity index (χ1) is 14.9. The highest BCUT2D eigenvalue weighted by Crippen LogP contribution is 2.28. The quantitative estimate of drug-likeness (QED) is 0.298. The lowest BCUT2D eigenvalue weighted by molar-refractivity contribution is -0.132. The molecule has 3 rings (SSSR count). The van der Waals surface area contributed by atoms with Crippen LogP contribution in [-0.4, -0.2) is 28.4 Å². The SMILES string of the molecule is COc1ccc(/C=C/C(=O)Cc2cccc(OCc3nccn3C)c2)cc1OC(C)=O. The normalized spacial score (nSPS) is 10.8. The maximum absolute atomic E-state index is 12.4. The van der Waals surface area contributed by atoms with Crippen molar-refractivity contribution in [2.24, 2.45) is 7.05 Å². The Bertz CT molecular complexity index is 1100. The molecular weight excluding hydrogens is 396 g/mol. The molecule has 0 saturated heterocycles. The maximum atomic E-state index is 12.4. The lowest BCUT2D eigenvalue weighted by atomic mass is 10.1. The highest BCUT2D eigenvalue weighted by Gasteiger charge is 2.08. The number of allylic oxidation sites excluding steroid dienone is 1. The number of imidazole rings is 1. The van der Waals surface area contributed by atoms with E-state index >= 15 is 0 Å². The fraction of sp³-hybridized carbons (Fsp3) is 0.208. The van der Waals surface area contributed by atoms with Crippen LogP contribution in [-0.2, 0) is 29.7 Å². The molecule has 0 spiro atoms. The van der Waals surface area contributed by atoms with E-state index < -0.39 is 5.97 Å². The van der Waals surface area contributed by atoms with E-state index in [1.165, 1.54) is 20.1 Å². The fourth-order valence-corrected chi connectivity index (χ4v) is 2.91. The predicted molar refractivity (Wildman–Crippen MR) is 116 cm³/mol. The van der Waals surface area contributed by atoms with E-state index in [0.29, 0.717) is 23.9 Å². The van der Waals surface area contributed by atoms with Gasteiger partial charge in [-0.15, -0.1) is 0 Å². The van der Waals surface area contributed by atoms with Gasteiger partial charge in [-0.25, -0.2) is 4.98 Å². The van der Waals surface area contributed by atoms with Gasteiger partial charge in [0.2, 0.25) is 0 Å². The third-order valence-corrected chi connectivity index (χ3v) is 4.47. The molecule has 2 aromatic carbocycles. The zero-order valence-corrected chi connectivity index (χ0v) is 17.7. The van der Waals surface area contributed by atoms with Crippen molar-refractivity contribution in [1.29, 1.82) is 0 Å². The van der Waals surface area contributed by atoms with Crippen LogP contribution in [0.2, 0.25) is 0 Å². The summed E-state index contributed by atoms with van der Waals surface area (Å²) in [5.41, 5.74) is 1.57. The number of hydrogen-bond donors (Lipinski definition) is 0. The molecule has 0 radical (unpaired) electrons. The number of aromatic nitrogens is 2. The first kappa shape index (κ1) is 21.8. The number of carbonyl (C=O) groups is 2.